The van der Waals surface area contributed by atoms with Gasteiger partial charge in [0.05, 0.1) is 5.56 Å². The Kier molecular flexibility index (Phi) is 6.80. The zero-order valence-corrected chi connectivity index (χ0v) is 21.7. The lowest BCUT2D eigenvalue weighted by Gasteiger charge is -2.41. The van der Waals surface area contributed by atoms with Gasteiger partial charge in [-0.05, 0) is 58.7 Å². The lowest BCUT2D eigenvalue weighted by Crippen LogP contribution is -2.62. The summed E-state index contributed by atoms with van der Waals surface area (Å²) in [5.41, 5.74) is 1.11. The van der Waals surface area contributed by atoms with E-state index in [0.29, 0.717) is 53.6 Å². The van der Waals surface area contributed by atoms with E-state index in [4.69, 9.17) is 0 Å². The highest BCUT2D eigenvalue weighted by Crippen LogP contribution is 2.39. The lowest BCUT2D eigenvalue weighted by atomic mass is 9.93. The van der Waals surface area contributed by atoms with Gasteiger partial charge >= 0.3 is 6.18 Å². The molecule has 0 aromatic heterocycles. The van der Waals surface area contributed by atoms with Gasteiger partial charge < -0.3 is 15.1 Å². The van der Waals surface area contributed by atoms with E-state index in [1.54, 1.807) is 41.3 Å². The molecule has 6 rings (SSSR count). The highest BCUT2D eigenvalue weighted by atomic mass is 19.4. The monoisotopic (exact) mass is 543 g/mol. The number of fused-ring (bicyclic) bond motifs is 1. The largest absolute Gasteiger partial charge is 0.417 e. The van der Waals surface area contributed by atoms with Crippen LogP contribution in [0.4, 0.5) is 13.2 Å². The molecule has 2 amide bonds. The van der Waals surface area contributed by atoms with Crippen molar-refractivity contribution in [2.24, 2.45) is 0 Å². The Morgan fingerprint density at radius 3 is 2.15 bits per heavy atom. The van der Waals surface area contributed by atoms with Gasteiger partial charge in [0.15, 0.2) is 0 Å². The van der Waals surface area contributed by atoms with Crippen molar-refractivity contribution in [1.82, 2.24) is 15.1 Å². The molecule has 0 aliphatic carbocycles. The van der Waals surface area contributed by atoms with Crippen molar-refractivity contribution in [3.8, 4) is 11.1 Å². The number of rotatable bonds is 5. The van der Waals surface area contributed by atoms with Crippen molar-refractivity contribution in [3.63, 3.8) is 0 Å². The molecule has 2 aliphatic rings. The molecule has 40 heavy (non-hydrogen) atoms. The van der Waals surface area contributed by atoms with Crippen molar-refractivity contribution in [2.75, 3.05) is 26.2 Å². The molecule has 2 aliphatic heterocycles. The van der Waals surface area contributed by atoms with Crippen molar-refractivity contribution < 1.29 is 22.8 Å². The van der Waals surface area contributed by atoms with Gasteiger partial charge in [-0.25, -0.2) is 0 Å². The number of nitrogens with one attached hydrogen (secondary N) is 1. The first kappa shape index (κ1) is 26.1. The number of halogens is 3. The molecule has 8 heteroatoms. The number of nitrogens with zero attached hydrogens (tertiary/aromatic N) is 2. The third-order valence-electron chi connectivity index (χ3n) is 7.79. The predicted molar refractivity (Wildman–Crippen MR) is 148 cm³/mol. The first-order valence-corrected chi connectivity index (χ1v) is 13.4. The van der Waals surface area contributed by atoms with Crippen molar-refractivity contribution in [2.45, 2.75) is 24.7 Å². The zero-order valence-electron chi connectivity index (χ0n) is 21.7. The van der Waals surface area contributed by atoms with Crippen molar-refractivity contribution in [3.05, 3.63) is 108 Å². The molecule has 1 atom stereocenters. The van der Waals surface area contributed by atoms with Crippen LogP contribution in [0, 0.1) is 0 Å². The van der Waals surface area contributed by atoms with Gasteiger partial charge in [-0.2, -0.15) is 13.2 Å². The molecule has 0 bridgehead atoms. The van der Waals surface area contributed by atoms with Crippen LogP contribution in [0.25, 0.3) is 21.9 Å². The minimum Gasteiger partial charge on any atom is -0.337 e. The molecule has 0 radical (unpaired) electrons. The SMILES string of the molecule is O=C(c1ccccc1)N1CCC(NC2CN(C(=O)c3ccc4c(-c5ccccc5C(F)(F)F)cccc4c3)C2)C1. The van der Waals surface area contributed by atoms with E-state index >= 15 is 0 Å². The number of carbonyl (C=O) groups is 2. The average molecular weight is 544 g/mol. The maximum Gasteiger partial charge on any atom is 0.417 e. The predicted octanol–water partition coefficient (Wildman–Crippen LogP) is 5.85. The highest BCUT2D eigenvalue weighted by Gasteiger charge is 2.36. The number of benzene rings is 4. The Morgan fingerprint density at radius 2 is 1.38 bits per heavy atom. The normalized spacial score (nSPS) is 17.7. The fourth-order valence-corrected chi connectivity index (χ4v) is 5.73. The summed E-state index contributed by atoms with van der Waals surface area (Å²) in [6.07, 6.45) is -3.60. The first-order chi connectivity index (χ1) is 19.3. The van der Waals surface area contributed by atoms with Crippen LogP contribution in [0.1, 0.15) is 32.7 Å². The molecule has 0 saturated carbocycles. The third kappa shape index (κ3) is 5.07. The molecular formula is C32H28F3N3O2. The van der Waals surface area contributed by atoms with Crippen LogP contribution in [0.3, 0.4) is 0 Å². The summed E-state index contributed by atoms with van der Waals surface area (Å²) in [5.74, 6) is -0.0648. The molecule has 1 unspecified atom stereocenters. The molecule has 4 aromatic carbocycles. The topological polar surface area (TPSA) is 52.7 Å². The molecular weight excluding hydrogens is 515 g/mol. The number of carbonyl (C=O) groups excluding carboxylic acids is 2. The molecule has 1 N–H and O–H groups in total. The van der Waals surface area contributed by atoms with Crippen molar-refractivity contribution in [1.29, 1.82) is 0 Å². The number of likely N-dealkylation sites (tertiary alicyclic amines) is 2. The van der Waals surface area contributed by atoms with Crippen LogP contribution in [0.15, 0.2) is 91.0 Å². The lowest BCUT2D eigenvalue weighted by molar-refractivity contribution is -0.137. The number of hydrogen-bond acceptors (Lipinski definition) is 3. The molecule has 2 heterocycles. The summed E-state index contributed by atoms with van der Waals surface area (Å²) >= 11 is 0. The number of hydrogen-bond donors (Lipinski definition) is 1. The summed E-state index contributed by atoms with van der Waals surface area (Å²) in [6.45, 7) is 2.48. The fourth-order valence-electron chi connectivity index (χ4n) is 5.73. The van der Waals surface area contributed by atoms with Gasteiger partial charge in [0.25, 0.3) is 11.8 Å². The van der Waals surface area contributed by atoms with Crippen LogP contribution in [-0.4, -0.2) is 59.9 Å². The number of amides is 2. The van der Waals surface area contributed by atoms with Gasteiger partial charge in [0.2, 0.25) is 0 Å². The Morgan fingerprint density at radius 1 is 0.700 bits per heavy atom. The molecule has 204 valence electrons. The van der Waals surface area contributed by atoms with Crippen LogP contribution in [-0.2, 0) is 6.18 Å². The minimum absolute atomic E-state index is 0.0386. The molecule has 2 saturated heterocycles. The number of alkyl halides is 3. The maximum atomic E-state index is 13.7. The second-order valence-corrected chi connectivity index (χ2v) is 10.5. The maximum absolute atomic E-state index is 13.7. The standard InChI is InChI=1S/C32H28F3N3O2/c33-32(34,35)29-12-5-4-10-28(29)27-11-6-9-22-17-23(13-14-26(22)27)31(40)38-19-25(20-38)36-24-15-16-37(18-24)30(39)21-7-2-1-3-8-21/h1-14,17,24-25,36H,15-16,18-20H2. The van der Waals surface area contributed by atoms with E-state index in [1.807, 2.05) is 41.3 Å². The molecule has 4 aromatic rings. The summed E-state index contributed by atoms with van der Waals surface area (Å²) in [4.78, 5) is 29.5. The second kappa shape index (κ2) is 10.4. The Bertz CT molecular complexity index is 1560. The molecule has 0 spiro atoms. The van der Waals surface area contributed by atoms with Crippen molar-refractivity contribution >= 4 is 22.6 Å². The van der Waals surface area contributed by atoms with Gasteiger partial charge in [0, 0.05) is 49.4 Å². The van der Waals surface area contributed by atoms with Gasteiger partial charge in [0.1, 0.15) is 0 Å². The van der Waals surface area contributed by atoms with E-state index in [-0.39, 0.29) is 29.5 Å². The fraction of sp³-hybridized carbons (Fsp3) is 0.250. The van der Waals surface area contributed by atoms with E-state index < -0.39 is 11.7 Å². The summed E-state index contributed by atoms with van der Waals surface area (Å²) < 4.78 is 41.0. The van der Waals surface area contributed by atoms with E-state index in [1.165, 1.54) is 12.1 Å². The van der Waals surface area contributed by atoms with E-state index in [2.05, 4.69) is 5.32 Å². The Balaban J connectivity index is 1.10. The zero-order chi connectivity index (χ0) is 27.9. The molecule has 2 fully saturated rings. The average Bonchev–Trinajstić information content (AvgIpc) is 3.42. The highest BCUT2D eigenvalue weighted by molar-refractivity contribution is 6.03. The first-order valence-electron chi connectivity index (χ1n) is 13.4. The summed E-state index contributed by atoms with van der Waals surface area (Å²) in [6, 6.07) is 25.5. The third-order valence-corrected chi connectivity index (χ3v) is 7.79. The van der Waals surface area contributed by atoms with Gasteiger partial charge in [-0.1, -0.05) is 60.7 Å². The van der Waals surface area contributed by atoms with Crippen LogP contribution in [0.5, 0.6) is 0 Å². The quantitative estimate of drug-likeness (QED) is 0.344. The van der Waals surface area contributed by atoms with E-state index in [9.17, 15) is 22.8 Å². The minimum atomic E-state index is -4.47. The smallest absolute Gasteiger partial charge is 0.337 e. The Labute approximate surface area is 230 Å². The van der Waals surface area contributed by atoms with Crippen LogP contribution >= 0.6 is 0 Å². The van der Waals surface area contributed by atoms with Crippen LogP contribution in [0.2, 0.25) is 0 Å². The van der Waals surface area contributed by atoms with Gasteiger partial charge in [-0.3, -0.25) is 9.59 Å². The van der Waals surface area contributed by atoms with Gasteiger partial charge in [-0.15, -0.1) is 0 Å². The van der Waals surface area contributed by atoms with Crippen LogP contribution < -0.4 is 5.32 Å². The molecule has 5 nitrogen and oxygen atoms in total. The summed E-state index contributed by atoms with van der Waals surface area (Å²) in [7, 11) is 0. The summed E-state index contributed by atoms with van der Waals surface area (Å²) in [5, 5.41) is 4.96. The second-order valence-electron chi connectivity index (χ2n) is 10.5. The van der Waals surface area contributed by atoms with E-state index in [0.717, 1.165) is 12.5 Å². The Hall–Kier alpha value is -4.17.